The average molecular weight is 266 g/mol. The first-order valence-corrected chi connectivity index (χ1v) is 7.09. The number of rotatable bonds is 5. The number of hydrogen-bond acceptors (Lipinski definition) is 1. The molecule has 1 N–H and O–H groups in total. The van der Waals surface area contributed by atoms with Crippen LogP contribution in [0.25, 0.3) is 0 Å². The van der Waals surface area contributed by atoms with Gasteiger partial charge in [-0.1, -0.05) is 24.3 Å². The lowest BCUT2D eigenvalue weighted by atomic mass is 10.1. The molecule has 0 bridgehead atoms. The highest BCUT2D eigenvalue weighted by atomic mass is 35.5. The number of nitrogens with one attached hydrogen (secondary N) is 1. The second-order valence-electron chi connectivity index (χ2n) is 5.09. The third kappa shape index (κ3) is 3.49. The van der Waals surface area contributed by atoms with Gasteiger partial charge >= 0.3 is 0 Å². The molecule has 1 amide bonds. The van der Waals surface area contributed by atoms with Gasteiger partial charge in [0.25, 0.3) is 0 Å². The Bertz CT molecular complexity index is 392. The van der Waals surface area contributed by atoms with Crippen LogP contribution in [-0.2, 0) is 17.6 Å². The quantitative estimate of drug-likeness (QED) is 0.644. The van der Waals surface area contributed by atoms with E-state index in [0.29, 0.717) is 0 Å². The highest BCUT2D eigenvalue weighted by Gasteiger charge is 2.26. The van der Waals surface area contributed by atoms with Gasteiger partial charge in [0.05, 0.1) is 0 Å². The SMILES string of the molecule is CC(Cl)CCCNC(=O)C1Cc2ccccc2C1. The van der Waals surface area contributed by atoms with Crippen molar-refractivity contribution >= 4 is 17.5 Å². The van der Waals surface area contributed by atoms with Gasteiger partial charge in [-0.15, -0.1) is 11.6 Å². The van der Waals surface area contributed by atoms with E-state index in [1.54, 1.807) is 0 Å². The van der Waals surface area contributed by atoms with E-state index in [1.165, 1.54) is 11.1 Å². The lowest BCUT2D eigenvalue weighted by molar-refractivity contribution is -0.124. The highest BCUT2D eigenvalue weighted by Crippen LogP contribution is 2.26. The standard InChI is InChI=1S/C15H20ClNO/c1-11(16)5-4-8-17-15(18)14-9-12-6-2-3-7-13(12)10-14/h2-3,6-7,11,14H,4-5,8-10H2,1H3,(H,17,18). The number of halogens is 1. The van der Waals surface area contributed by atoms with Crippen LogP contribution >= 0.6 is 11.6 Å². The molecule has 0 spiro atoms. The van der Waals surface area contributed by atoms with Crippen molar-refractivity contribution in [2.45, 2.75) is 38.0 Å². The Balaban J connectivity index is 1.76. The lowest BCUT2D eigenvalue weighted by Gasteiger charge is -2.10. The number of benzene rings is 1. The summed E-state index contributed by atoms with van der Waals surface area (Å²) in [5, 5.41) is 3.21. The van der Waals surface area contributed by atoms with E-state index >= 15 is 0 Å². The van der Waals surface area contributed by atoms with Crippen molar-refractivity contribution < 1.29 is 4.79 Å². The topological polar surface area (TPSA) is 29.1 Å². The molecule has 18 heavy (non-hydrogen) atoms. The molecule has 3 heteroatoms. The first kappa shape index (κ1) is 13.4. The van der Waals surface area contributed by atoms with Crippen molar-refractivity contribution in [2.75, 3.05) is 6.54 Å². The molecule has 0 heterocycles. The van der Waals surface area contributed by atoms with E-state index in [4.69, 9.17) is 11.6 Å². The Labute approximate surface area is 114 Å². The smallest absolute Gasteiger partial charge is 0.223 e. The fraction of sp³-hybridized carbons (Fsp3) is 0.533. The van der Waals surface area contributed by atoms with Crippen LogP contribution < -0.4 is 5.32 Å². The van der Waals surface area contributed by atoms with E-state index in [9.17, 15) is 4.79 Å². The molecule has 1 aromatic rings. The van der Waals surface area contributed by atoms with Crippen LogP contribution in [0.1, 0.15) is 30.9 Å². The summed E-state index contributed by atoms with van der Waals surface area (Å²) in [6.07, 6.45) is 3.67. The van der Waals surface area contributed by atoms with Crippen LogP contribution in [0, 0.1) is 5.92 Å². The Kier molecular flexibility index (Phi) is 4.65. The molecule has 0 aromatic heterocycles. The van der Waals surface area contributed by atoms with Crippen molar-refractivity contribution in [1.82, 2.24) is 5.32 Å². The van der Waals surface area contributed by atoms with Crippen LogP contribution in [0.2, 0.25) is 0 Å². The third-order valence-corrected chi connectivity index (χ3v) is 3.72. The zero-order valence-corrected chi connectivity index (χ0v) is 11.5. The predicted molar refractivity (Wildman–Crippen MR) is 74.9 cm³/mol. The monoisotopic (exact) mass is 265 g/mol. The summed E-state index contributed by atoms with van der Waals surface area (Å²) >= 11 is 5.87. The first-order chi connectivity index (χ1) is 8.66. The Hall–Kier alpha value is -1.02. The van der Waals surface area contributed by atoms with Crippen molar-refractivity contribution in [2.24, 2.45) is 5.92 Å². The van der Waals surface area contributed by atoms with Gasteiger partial charge in [-0.25, -0.2) is 0 Å². The van der Waals surface area contributed by atoms with Crippen molar-refractivity contribution in [1.29, 1.82) is 0 Å². The van der Waals surface area contributed by atoms with Crippen molar-refractivity contribution in [3.05, 3.63) is 35.4 Å². The van der Waals surface area contributed by atoms with Crippen LogP contribution in [0.4, 0.5) is 0 Å². The first-order valence-electron chi connectivity index (χ1n) is 6.65. The molecule has 1 aliphatic carbocycles. The van der Waals surface area contributed by atoms with Crippen LogP contribution in [-0.4, -0.2) is 17.8 Å². The van der Waals surface area contributed by atoms with Gasteiger partial charge in [-0.2, -0.15) is 0 Å². The van der Waals surface area contributed by atoms with E-state index in [0.717, 1.165) is 32.2 Å². The molecule has 2 nitrogen and oxygen atoms in total. The van der Waals surface area contributed by atoms with Gasteiger partial charge in [0.1, 0.15) is 0 Å². The molecule has 2 rings (SSSR count). The zero-order valence-electron chi connectivity index (χ0n) is 10.8. The maximum atomic E-state index is 12.0. The summed E-state index contributed by atoms with van der Waals surface area (Å²) in [4.78, 5) is 12.0. The normalized spacial score (nSPS) is 16.3. The molecule has 0 radical (unpaired) electrons. The summed E-state index contributed by atoms with van der Waals surface area (Å²) in [7, 11) is 0. The number of amides is 1. The molecule has 1 aromatic carbocycles. The van der Waals surface area contributed by atoms with Gasteiger partial charge in [0.2, 0.25) is 5.91 Å². The number of fused-ring (bicyclic) bond motifs is 1. The second-order valence-corrected chi connectivity index (χ2v) is 5.83. The minimum atomic E-state index is 0.121. The molecule has 0 saturated carbocycles. The second kappa shape index (κ2) is 6.24. The van der Waals surface area contributed by atoms with Gasteiger partial charge in [0, 0.05) is 17.8 Å². The largest absolute Gasteiger partial charge is 0.356 e. The van der Waals surface area contributed by atoms with Crippen LogP contribution in [0.15, 0.2) is 24.3 Å². The Morgan fingerprint density at radius 1 is 1.39 bits per heavy atom. The Morgan fingerprint density at radius 3 is 2.56 bits per heavy atom. The van der Waals surface area contributed by atoms with E-state index in [1.807, 2.05) is 19.1 Å². The average Bonchev–Trinajstić information content (AvgIpc) is 2.78. The molecule has 98 valence electrons. The lowest BCUT2D eigenvalue weighted by Crippen LogP contribution is -2.32. The fourth-order valence-corrected chi connectivity index (χ4v) is 2.64. The van der Waals surface area contributed by atoms with Crippen molar-refractivity contribution in [3.63, 3.8) is 0 Å². The minimum Gasteiger partial charge on any atom is -0.356 e. The third-order valence-electron chi connectivity index (χ3n) is 3.50. The summed E-state index contributed by atoms with van der Waals surface area (Å²) in [5.74, 6) is 0.309. The van der Waals surface area contributed by atoms with E-state index in [-0.39, 0.29) is 17.2 Å². The maximum Gasteiger partial charge on any atom is 0.223 e. The zero-order chi connectivity index (χ0) is 13.0. The summed E-state index contributed by atoms with van der Waals surface area (Å²) in [6.45, 7) is 2.72. The van der Waals surface area contributed by atoms with Gasteiger partial charge in [-0.05, 0) is 43.7 Å². The van der Waals surface area contributed by atoms with Gasteiger partial charge in [0.15, 0.2) is 0 Å². The molecule has 0 aliphatic heterocycles. The molecule has 1 atom stereocenters. The van der Waals surface area contributed by atoms with E-state index in [2.05, 4.69) is 17.4 Å². The fourth-order valence-electron chi connectivity index (χ4n) is 2.48. The molecule has 0 fully saturated rings. The van der Waals surface area contributed by atoms with Crippen LogP contribution in [0.3, 0.4) is 0 Å². The molecular formula is C15H20ClNO. The maximum absolute atomic E-state index is 12.0. The van der Waals surface area contributed by atoms with E-state index < -0.39 is 0 Å². The molecule has 0 saturated heterocycles. The molecule has 1 unspecified atom stereocenters. The molecule has 1 aliphatic rings. The van der Waals surface area contributed by atoms with Crippen molar-refractivity contribution in [3.8, 4) is 0 Å². The highest BCUT2D eigenvalue weighted by molar-refractivity contribution is 6.20. The molecular weight excluding hydrogens is 246 g/mol. The number of alkyl halides is 1. The number of carbonyl (C=O) groups is 1. The van der Waals surface area contributed by atoms with Gasteiger partial charge in [-0.3, -0.25) is 4.79 Å². The predicted octanol–water partition coefficient (Wildman–Crippen LogP) is 2.93. The minimum absolute atomic E-state index is 0.121. The van der Waals surface area contributed by atoms with Gasteiger partial charge < -0.3 is 5.32 Å². The number of carbonyl (C=O) groups excluding carboxylic acids is 1. The van der Waals surface area contributed by atoms with Crippen LogP contribution in [0.5, 0.6) is 0 Å². The summed E-state index contributed by atoms with van der Waals surface area (Å²) in [5.41, 5.74) is 2.65. The Morgan fingerprint density at radius 2 is 2.00 bits per heavy atom. The summed E-state index contributed by atoms with van der Waals surface area (Å²) < 4.78 is 0. The summed E-state index contributed by atoms with van der Waals surface area (Å²) in [6, 6.07) is 8.33. The number of hydrogen-bond donors (Lipinski definition) is 1.